The van der Waals surface area contributed by atoms with Gasteiger partial charge in [-0.1, -0.05) is 60.3 Å². The monoisotopic (exact) mass is 487 g/mol. The second kappa shape index (κ2) is 9.28. The van der Waals surface area contributed by atoms with Crippen molar-refractivity contribution in [3.8, 4) is 16.9 Å². The largest absolute Gasteiger partial charge is 0.287 e. The summed E-state index contributed by atoms with van der Waals surface area (Å²) >= 11 is 2.78. The first-order valence-electron chi connectivity index (χ1n) is 10.6. The average Bonchev–Trinajstić information content (AvgIpc) is 3.41. The minimum Gasteiger partial charge on any atom is -0.287 e. The number of fused-ring (bicyclic) bond motifs is 1. The number of rotatable bonds is 6. The lowest BCUT2D eigenvalue weighted by atomic mass is 10.1. The highest BCUT2D eigenvalue weighted by atomic mass is 32.2. The van der Waals surface area contributed by atoms with Crippen LogP contribution in [0.4, 0.5) is 0 Å². The summed E-state index contributed by atoms with van der Waals surface area (Å²) < 4.78 is 3.19. The van der Waals surface area contributed by atoms with Crippen molar-refractivity contribution in [1.29, 1.82) is 0 Å². The Morgan fingerprint density at radius 3 is 2.47 bits per heavy atom. The summed E-state index contributed by atoms with van der Waals surface area (Å²) in [6.45, 7) is 3.85. The first kappa shape index (κ1) is 22.1. The van der Waals surface area contributed by atoms with Gasteiger partial charge in [0.2, 0.25) is 5.91 Å². The molecule has 0 bridgehead atoms. The zero-order valence-electron chi connectivity index (χ0n) is 18.6. The molecule has 3 aromatic heterocycles. The molecule has 9 heteroatoms. The van der Waals surface area contributed by atoms with E-state index < -0.39 is 0 Å². The zero-order chi connectivity index (χ0) is 23.7. The molecule has 0 saturated carbocycles. The summed E-state index contributed by atoms with van der Waals surface area (Å²) in [6.07, 6.45) is 3.17. The maximum Gasteiger partial charge on any atom is 0.281 e. The third-order valence-corrected chi connectivity index (χ3v) is 7.55. The van der Waals surface area contributed by atoms with Crippen molar-refractivity contribution in [1.82, 2.24) is 19.2 Å². The Morgan fingerprint density at radius 1 is 1.03 bits per heavy atom. The number of benzene rings is 2. The van der Waals surface area contributed by atoms with Crippen molar-refractivity contribution in [2.45, 2.75) is 19.0 Å². The number of hydrogen-bond donors (Lipinski definition) is 1. The maximum atomic E-state index is 12.9. The molecule has 170 valence electrons. The van der Waals surface area contributed by atoms with Gasteiger partial charge in [-0.3, -0.25) is 19.6 Å². The summed E-state index contributed by atoms with van der Waals surface area (Å²) in [5.74, 6) is -0.230. The van der Waals surface area contributed by atoms with Gasteiger partial charge in [-0.05, 0) is 31.5 Å². The standard InChI is InChI=1S/C25H21N5O2S2/c1-16-17(2)34-23-22(16)24(32)29(15-27-23)28-21(31)14-33-25-26-13-20(18-9-5-3-6-10-18)30(25)19-11-7-4-8-12-19/h3-13,15H,14H2,1-2H3,(H,28,31). The molecular formula is C25H21N5O2S2. The Bertz CT molecular complexity index is 1540. The van der Waals surface area contributed by atoms with Crippen LogP contribution in [0.25, 0.3) is 27.2 Å². The Balaban J connectivity index is 1.39. The molecule has 1 N–H and O–H groups in total. The van der Waals surface area contributed by atoms with E-state index in [1.54, 1.807) is 0 Å². The SMILES string of the molecule is Cc1sc2ncn(NC(=O)CSc3ncc(-c4ccccc4)n3-c3ccccc3)c(=O)c2c1C. The predicted molar refractivity (Wildman–Crippen MR) is 137 cm³/mol. The van der Waals surface area contributed by atoms with E-state index in [2.05, 4.69) is 15.4 Å². The van der Waals surface area contributed by atoms with Crippen molar-refractivity contribution in [2.75, 3.05) is 11.2 Å². The highest BCUT2D eigenvalue weighted by Gasteiger charge is 2.17. The Kier molecular flexibility index (Phi) is 6.04. The van der Waals surface area contributed by atoms with E-state index in [4.69, 9.17) is 0 Å². The molecule has 2 aromatic carbocycles. The first-order chi connectivity index (χ1) is 16.5. The number of hydrogen-bond acceptors (Lipinski definition) is 6. The van der Waals surface area contributed by atoms with Crippen molar-refractivity contribution >= 4 is 39.2 Å². The quantitative estimate of drug-likeness (QED) is 0.348. The number of nitrogens with one attached hydrogen (secondary N) is 1. The van der Waals surface area contributed by atoms with Gasteiger partial charge in [-0.2, -0.15) is 0 Å². The van der Waals surface area contributed by atoms with Crippen LogP contribution < -0.4 is 11.0 Å². The van der Waals surface area contributed by atoms with Gasteiger partial charge in [0.05, 0.1) is 23.0 Å². The van der Waals surface area contributed by atoms with E-state index in [1.165, 1.54) is 29.4 Å². The number of carbonyl (C=O) groups is 1. The number of aryl methyl sites for hydroxylation is 2. The molecule has 0 saturated heterocycles. The zero-order valence-corrected chi connectivity index (χ0v) is 20.2. The fraction of sp³-hybridized carbons (Fsp3) is 0.120. The Labute approximate surface area is 204 Å². The van der Waals surface area contributed by atoms with Crippen LogP contribution in [0.1, 0.15) is 10.4 Å². The number of nitrogens with zero attached hydrogens (tertiary/aromatic N) is 4. The lowest BCUT2D eigenvalue weighted by molar-refractivity contribution is -0.114. The summed E-state index contributed by atoms with van der Waals surface area (Å²) in [4.78, 5) is 36.2. The molecule has 5 rings (SSSR count). The molecule has 34 heavy (non-hydrogen) atoms. The number of carbonyl (C=O) groups excluding carboxylic acids is 1. The normalized spacial score (nSPS) is 11.1. The van der Waals surface area contributed by atoms with Gasteiger partial charge in [0.1, 0.15) is 11.2 Å². The highest BCUT2D eigenvalue weighted by molar-refractivity contribution is 7.99. The summed E-state index contributed by atoms with van der Waals surface area (Å²) in [6, 6.07) is 19.9. The van der Waals surface area contributed by atoms with Crippen molar-refractivity contribution < 1.29 is 4.79 Å². The van der Waals surface area contributed by atoms with Crippen molar-refractivity contribution in [3.63, 3.8) is 0 Å². The topological polar surface area (TPSA) is 81.8 Å². The maximum absolute atomic E-state index is 12.9. The van der Waals surface area contributed by atoms with E-state index in [0.29, 0.717) is 15.4 Å². The summed E-state index contributed by atoms with van der Waals surface area (Å²) in [7, 11) is 0. The van der Waals surface area contributed by atoms with Crippen molar-refractivity contribution in [3.05, 3.63) is 94.0 Å². The van der Waals surface area contributed by atoms with Crippen LogP contribution >= 0.6 is 23.1 Å². The Morgan fingerprint density at radius 2 is 1.74 bits per heavy atom. The molecule has 0 fully saturated rings. The summed E-state index contributed by atoms with van der Waals surface area (Å²) in [5.41, 5.74) is 6.20. The fourth-order valence-corrected chi connectivity index (χ4v) is 5.46. The molecule has 7 nitrogen and oxygen atoms in total. The van der Waals surface area contributed by atoms with Crippen LogP contribution in [0, 0.1) is 13.8 Å². The number of amides is 1. The lowest BCUT2D eigenvalue weighted by Gasteiger charge is -2.12. The molecule has 0 atom stereocenters. The molecule has 0 radical (unpaired) electrons. The van der Waals surface area contributed by atoms with Crippen molar-refractivity contribution in [2.24, 2.45) is 0 Å². The van der Waals surface area contributed by atoms with E-state index in [-0.39, 0.29) is 17.2 Å². The third-order valence-electron chi connectivity index (χ3n) is 5.48. The molecule has 5 aromatic rings. The highest BCUT2D eigenvalue weighted by Crippen LogP contribution is 2.30. The average molecular weight is 488 g/mol. The number of thiophene rings is 1. The molecule has 3 heterocycles. The number of para-hydroxylation sites is 1. The van der Waals surface area contributed by atoms with Gasteiger partial charge in [-0.25, -0.2) is 14.6 Å². The third kappa shape index (κ3) is 4.15. The van der Waals surface area contributed by atoms with Gasteiger partial charge in [0, 0.05) is 16.1 Å². The van der Waals surface area contributed by atoms with Crippen LogP contribution in [-0.2, 0) is 4.79 Å². The number of aromatic nitrogens is 4. The fourth-order valence-electron chi connectivity index (χ4n) is 3.69. The molecule has 0 spiro atoms. The van der Waals surface area contributed by atoms with Crippen LogP contribution in [0.15, 0.2) is 83.1 Å². The Hall–Kier alpha value is -3.69. The minimum atomic E-state index is -0.318. The van der Waals surface area contributed by atoms with E-state index in [1.807, 2.05) is 85.3 Å². The lowest BCUT2D eigenvalue weighted by Crippen LogP contribution is -2.34. The second-order valence-electron chi connectivity index (χ2n) is 7.67. The molecular weight excluding hydrogens is 466 g/mol. The number of thioether (sulfide) groups is 1. The first-order valence-corrected chi connectivity index (χ1v) is 12.4. The predicted octanol–water partition coefficient (Wildman–Crippen LogP) is 4.79. The van der Waals surface area contributed by atoms with Gasteiger partial charge < -0.3 is 0 Å². The van der Waals surface area contributed by atoms with Gasteiger partial charge in [0.25, 0.3) is 5.56 Å². The number of imidazole rings is 1. The summed E-state index contributed by atoms with van der Waals surface area (Å²) in [5, 5.41) is 1.23. The second-order valence-corrected chi connectivity index (χ2v) is 9.82. The van der Waals surface area contributed by atoms with Gasteiger partial charge >= 0.3 is 0 Å². The van der Waals surface area contributed by atoms with E-state index in [0.717, 1.165) is 32.1 Å². The molecule has 0 unspecified atom stereocenters. The van der Waals surface area contributed by atoms with Crippen LogP contribution in [0.2, 0.25) is 0 Å². The molecule has 0 aliphatic carbocycles. The molecule has 0 aliphatic rings. The van der Waals surface area contributed by atoms with E-state index >= 15 is 0 Å². The van der Waals surface area contributed by atoms with Crippen LogP contribution in [0.3, 0.4) is 0 Å². The van der Waals surface area contributed by atoms with E-state index in [9.17, 15) is 9.59 Å². The van der Waals surface area contributed by atoms with Gasteiger partial charge in [-0.15, -0.1) is 11.3 Å². The molecule has 0 aliphatic heterocycles. The smallest absolute Gasteiger partial charge is 0.281 e. The minimum absolute atomic E-state index is 0.0875. The van der Waals surface area contributed by atoms with Gasteiger partial charge in [0.15, 0.2) is 5.16 Å². The van der Waals surface area contributed by atoms with Crippen LogP contribution in [-0.4, -0.2) is 30.9 Å². The van der Waals surface area contributed by atoms with Crippen LogP contribution in [0.5, 0.6) is 0 Å². The molecule has 1 amide bonds.